The third kappa shape index (κ3) is 8.59. The number of ether oxygens (including phenoxy) is 1. The fourth-order valence-corrected chi connectivity index (χ4v) is 4.98. The Kier molecular flexibility index (Phi) is 10.6. The van der Waals surface area contributed by atoms with Gasteiger partial charge >= 0.3 is 0 Å². The summed E-state index contributed by atoms with van der Waals surface area (Å²) in [7, 11) is 0. The van der Waals surface area contributed by atoms with Gasteiger partial charge in [0, 0.05) is 27.4 Å². The van der Waals surface area contributed by atoms with Crippen LogP contribution < -0.4 is 20.7 Å². The summed E-state index contributed by atoms with van der Waals surface area (Å²) in [6.07, 6.45) is 1.59. The first-order valence-electron chi connectivity index (χ1n) is 13.6. The summed E-state index contributed by atoms with van der Waals surface area (Å²) in [4.78, 5) is 40.1. The van der Waals surface area contributed by atoms with Crippen LogP contribution in [0, 0.1) is 6.92 Å². The second kappa shape index (κ2) is 14.7. The summed E-state index contributed by atoms with van der Waals surface area (Å²) >= 11 is 1.38. The molecule has 1 unspecified atom stereocenters. The van der Waals surface area contributed by atoms with E-state index >= 15 is 0 Å². The molecule has 0 spiro atoms. The van der Waals surface area contributed by atoms with E-state index in [0.717, 1.165) is 16.1 Å². The van der Waals surface area contributed by atoms with Crippen molar-refractivity contribution >= 4 is 46.9 Å². The molecule has 8 heteroatoms. The SMILES string of the molecule is CCOc1ccccc1/C=C(/NC(=O)c1ccccc1)C(=O)Nc1cccc(SC(C)C(=O)Nc2cccc(C)c2)c1. The Morgan fingerprint density at radius 2 is 1.52 bits per heavy atom. The van der Waals surface area contributed by atoms with Gasteiger partial charge in [0.25, 0.3) is 11.8 Å². The van der Waals surface area contributed by atoms with Gasteiger partial charge in [0.15, 0.2) is 0 Å². The molecule has 3 amide bonds. The topological polar surface area (TPSA) is 96.5 Å². The highest BCUT2D eigenvalue weighted by Crippen LogP contribution is 2.27. The minimum atomic E-state index is -0.502. The zero-order valence-electron chi connectivity index (χ0n) is 23.7. The van der Waals surface area contributed by atoms with Gasteiger partial charge in [0.05, 0.1) is 11.9 Å². The van der Waals surface area contributed by atoms with E-state index in [1.54, 1.807) is 54.6 Å². The fraction of sp³-hybridized carbons (Fsp3) is 0.147. The molecular weight excluding hydrogens is 546 g/mol. The van der Waals surface area contributed by atoms with Crippen LogP contribution in [0.4, 0.5) is 11.4 Å². The number of aryl methyl sites for hydroxylation is 1. The van der Waals surface area contributed by atoms with E-state index in [1.807, 2.05) is 75.4 Å². The normalized spacial score (nSPS) is 11.7. The lowest BCUT2D eigenvalue weighted by atomic mass is 10.1. The number of amides is 3. The van der Waals surface area contributed by atoms with Crippen LogP contribution >= 0.6 is 11.8 Å². The van der Waals surface area contributed by atoms with E-state index in [4.69, 9.17) is 4.74 Å². The van der Waals surface area contributed by atoms with Gasteiger partial charge in [-0.3, -0.25) is 14.4 Å². The van der Waals surface area contributed by atoms with Crippen molar-refractivity contribution in [1.82, 2.24) is 5.32 Å². The summed E-state index contributed by atoms with van der Waals surface area (Å²) in [6.45, 7) is 6.13. The van der Waals surface area contributed by atoms with Crippen LogP contribution in [-0.2, 0) is 9.59 Å². The first-order chi connectivity index (χ1) is 20.3. The number of hydrogen-bond acceptors (Lipinski definition) is 5. The van der Waals surface area contributed by atoms with Crippen molar-refractivity contribution in [3.63, 3.8) is 0 Å². The summed E-state index contributed by atoms with van der Waals surface area (Å²) in [5, 5.41) is 8.20. The quantitative estimate of drug-likeness (QED) is 0.132. The molecule has 0 aliphatic heterocycles. The van der Waals surface area contributed by atoms with Gasteiger partial charge in [-0.15, -0.1) is 11.8 Å². The van der Waals surface area contributed by atoms with E-state index in [2.05, 4.69) is 16.0 Å². The van der Waals surface area contributed by atoms with Gasteiger partial charge in [-0.1, -0.05) is 54.6 Å². The van der Waals surface area contributed by atoms with Gasteiger partial charge in [0.1, 0.15) is 11.4 Å². The Morgan fingerprint density at radius 3 is 2.26 bits per heavy atom. The Bertz CT molecular complexity index is 1590. The van der Waals surface area contributed by atoms with Crippen LogP contribution in [0.1, 0.15) is 35.3 Å². The molecule has 1 atom stereocenters. The van der Waals surface area contributed by atoms with Crippen molar-refractivity contribution in [3.05, 3.63) is 126 Å². The van der Waals surface area contributed by atoms with Crippen molar-refractivity contribution in [3.8, 4) is 5.75 Å². The Balaban J connectivity index is 1.51. The highest BCUT2D eigenvalue weighted by Gasteiger charge is 2.18. The zero-order valence-corrected chi connectivity index (χ0v) is 24.5. The standard InChI is InChI=1S/C34H33N3O4S/c1-4-41-31-19-9-8-15-26(31)21-30(37-33(39)25-13-6-5-7-14-25)34(40)36-28-17-11-18-29(22-28)42-24(3)32(38)35-27-16-10-12-23(2)20-27/h5-22,24H,4H2,1-3H3,(H,35,38)(H,36,40)(H,37,39)/b30-21+. The van der Waals surface area contributed by atoms with Gasteiger partial charge < -0.3 is 20.7 Å². The lowest BCUT2D eigenvalue weighted by Gasteiger charge is -2.15. The lowest BCUT2D eigenvalue weighted by Crippen LogP contribution is -2.30. The molecule has 0 saturated heterocycles. The molecule has 0 aliphatic carbocycles. The number of hydrogen-bond donors (Lipinski definition) is 3. The highest BCUT2D eigenvalue weighted by atomic mass is 32.2. The largest absolute Gasteiger partial charge is 0.493 e. The molecule has 0 bridgehead atoms. The molecule has 214 valence electrons. The predicted octanol–water partition coefficient (Wildman–Crippen LogP) is 6.92. The van der Waals surface area contributed by atoms with Crippen molar-refractivity contribution < 1.29 is 19.1 Å². The lowest BCUT2D eigenvalue weighted by molar-refractivity contribution is -0.115. The Morgan fingerprint density at radius 1 is 0.833 bits per heavy atom. The smallest absolute Gasteiger partial charge is 0.272 e. The van der Waals surface area contributed by atoms with Crippen LogP contribution in [0.3, 0.4) is 0 Å². The molecule has 0 radical (unpaired) electrons. The van der Waals surface area contributed by atoms with Crippen molar-refractivity contribution in [2.75, 3.05) is 17.2 Å². The molecule has 42 heavy (non-hydrogen) atoms. The summed E-state index contributed by atoms with van der Waals surface area (Å²) in [5.74, 6) is -0.445. The van der Waals surface area contributed by atoms with Crippen LogP contribution in [0.2, 0.25) is 0 Å². The second-order valence-corrected chi connectivity index (χ2v) is 10.9. The molecule has 0 fully saturated rings. The van der Waals surface area contributed by atoms with E-state index in [0.29, 0.717) is 29.2 Å². The average molecular weight is 580 g/mol. The number of benzene rings is 4. The van der Waals surface area contributed by atoms with Crippen molar-refractivity contribution in [2.45, 2.75) is 30.9 Å². The van der Waals surface area contributed by atoms with E-state index in [9.17, 15) is 14.4 Å². The summed E-state index contributed by atoms with van der Waals surface area (Å²) in [6, 6.07) is 30.9. The third-order valence-electron chi connectivity index (χ3n) is 6.11. The molecule has 4 rings (SSSR count). The van der Waals surface area contributed by atoms with Crippen LogP contribution in [-0.4, -0.2) is 29.6 Å². The van der Waals surface area contributed by atoms with Gasteiger partial charge in [-0.05, 0) is 80.9 Å². The van der Waals surface area contributed by atoms with Gasteiger partial charge in [0.2, 0.25) is 5.91 Å². The fourth-order valence-electron chi connectivity index (χ4n) is 4.05. The monoisotopic (exact) mass is 579 g/mol. The highest BCUT2D eigenvalue weighted by molar-refractivity contribution is 8.00. The third-order valence-corrected chi connectivity index (χ3v) is 7.20. The van der Waals surface area contributed by atoms with E-state index in [1.165, 1.54) is 11.8 Å². The Labute approximate surface area is 250 Å². The second-order valence-electron chi connectivity index (χ2n) is 9.45. The van der Waals surface area contributed by atoms with E-state index in [-0.39, 0.29) is 16.9 Å². The van der Waals surface area contributed by atoms with E-state index < -0.39 is 11.8 Å². The Hall–Kier alpha value is -4.82. The van der Waals surface area contributed by atoms with Crippen LogP contribution in [0.5, 0.6) is 5.75 Å². The molecular formula is C34H33N3O4S. The number of rotatable bonds is 11. The maximum atomic E-state index is 13.5. The molecule has 0 saturated carbocycles. The minimum Gasteiger partial charge on any atom is -0.493 e. The van der Waals surface area contributed by atoms with Crippen molar-refractivity contribution in [2.24, 2.45) is 0 Å². The molecule has 0 aliphatic rings. The summed E-state index contributed by atoms with van der Waals surface area (Å²) < 4.78 is 5.72. The average Bonchev–Trinajstić information content (AvgIpc) is 2.98. The number of carbonyl (C=O) groups excluding carboxylic acids is 3. The molecule has 4 aromatic rings. The van der Waals surface area contributed by atoms with Gasteiger partial charge in [-0.2, -0.15) is 0 Å². The number of para-hydroxylation sites is 1. The first-order valence-corrected chi connectivity index (χ1v) is 14.5. The molecule has 0 aromatic heterocycles. The summed E-state index contributed by atoms with van der Waals surface area (Å²) in [5.41, 5.74) is 3.46. The molecule has 4 aromatic carbocycles. The maximum absolute atomic E-state index is 13.5. The maximum Gasteiger partial charge on any atom is 0.272 e. The number of nitrogens with one attached hydrogen (secondary N) is 3. The minimum absolute atomic E-state index is 0.0555. The first kappa shape index (κ1) is 30.1. The van der Waals surface area contributed by atoms with Crippen LogP contribution in [0.25, 0.3) is 6.08 Å². The number of anilines is 2. The predicted molar refractivity (Wildman–Crippen MR) is 170 cm³/mol. The number of thioether (sulfide) groups is 1. The molecule has 3 N–H and O–H groups in total. The van der Waals surface area contributed by atoms with Gasteiger partial charge in [-0.25, -0.2) is 0 Å². The molecule has 0 heterocycles. The van der Waals surface area contributed by atoms with Crippen molar-refractivity contribution in [1.29, 1.82) is 0 Å². The van der Waals surface area contributed by atoms with Crippen LogP contribution in [0.15, 0.2) is 114 Å². The zero-order chi connectivity index (χ0) is 29.9. The molecule has 7 nitrogen and oxygen atoms in total. The number of carbonyl (C=O) groups is 3.